The summed E-state index contributed by atoms with van der Waals surface area (Å²) in [5.74, 6) is -0.860. The molecule has 0 fully saturated rings. The van der Waals surface area contributed by atoms with Crippen molar-refractivity contribution in [1.29, 1.82) is 0 Å². The number of hydrogen-bond acceptors (Lipinski definition) is 3. The highest BCUT2D eigenvalue weighted by Crippen LogP contribution is 2.30. The summed E-state index contributed by atoms with van der Waals surface area (Å²) in [6.45, 7) is 6.34. The fourth-order valence-corrected chi connectivity index (χ4v) is 3.97. The molecule has 1 aliphatic heterocycles. The molecule has 0 unspecified atom stereocenters. The van der Waals surface area contributed by atoms with Crippen LogP contribution in [0, 0.1) is 0 Å². The second-order valence-corrected chi connectivity index (χ2v) is 9.01. The molecule has 0 N–H and O–H groups in total. The number of imide groups is 1. The summed E-state index contributed by atoms with van der Waals surface area (Å²) in [5, 5.41) is 0. The van der Waals surface area contributed by atoms with E-state index in [4.69, 9.17) is 0 Å². The van der Waals surface area contributed by atoms with Gasteiger partial charge in [0.05, 0.1) is 11.1 Å². The Hall–Kier alpha value is -3.73. The van der Waals surface area contributed by atoms with Crippen molar-refractivity contribution in [2.24, 2.45) is 0 Å². The Labute approximate surface area is 188 Å². The van der Waals surface area contributed by atoms with Gasteiger partial charge in [-0.15, -0.1) is 0 Å². The van der Waals surface area contributed by atoms with E-state index in [2.05, 4.69) is 0 Å². The highest BCUT2D eigenvalue weighted by Gasteiger charge is 2.42. The van der Waals surface area contributed by atoms with Gasteiger partial charge in [0.15, 0.2) is 0 Å². The summed E-state index contributed by atoms with van der Waals surface area (Å²) in [7, 11) is 0. The Kier molecular flexibility index (Phi) is 5.66. The van der Waals surface area contributed by atoms with E-state index in [0.717, 1.165) is 11.1 Å². The quantitative estimate of drug-likeness (QED) is 0.544. The summed E-state index contributed by atoms with van der Waals surface area (Å²) in [4.78, 5) is 42.3. The Balaban J connectivity index is 1.67. The van der Waals surface area contributed by atoms with Crippen LogP contribution in [0.4, 0.5) is 0 Å². The van der Waals surface area contributed by atoms with E-state index in [1.54, 1.807) is 23.1 Å². The van der Waals surface area contributed by atoms with Gasteiger partial charge in [0.1, 0.15) is 0 Å². The van der Waals surface area contributed by atoms with Crippen LogP contribution in [0.25, 0.3) is 0 Å². The number of amides is 3. The fraction of sp³-hybridized carbons (Fsp3) is 0.222. The molecule has 0 aliphatic carbocycles. The Bertz CT molecular complexity index is 1120. The molecule has 0 radical (unpaired) electrons. The largest absolute Gasteiger partial charge is 0.330 e. The molecule has 3 aromatic rings. The number of hydrogen-bond donors (Lipinski definition) is 0. The number of nitrogens with zero attached hydrogens (tertiary/aromatic N) is 2. The number of rotatable bonds is 5. The van der Waals surface area contributed by atoms with E-state index in [0.29, 0.717) is 24.2 Å². The van der Waals surface area contributed by atoms with Gasteiger partial charge in [-0.1, -0.05) is 60.7 Å². The first-order chi connectivity index (χ1) is 15.3. The van der Waals surface area contributed by atoms with E-state index in [9.17, 15) is 14.4 Å². The second-order valence-electron chi connectivity index (χ2n) is 9.01. The lowest BCUT2D eigenvalue weighted by Gasteiger charge is -2.29. The molecule has 0 spiro atoms. The van der Waals surface area contributed by atoms with E-state index in [1.807, 2.05) is 81.4 Å². The standard InChI is InChI=1S/C27H26N2O3/c1-27(2,3)29-25(31)22-15-14-21(16-23(22)26(29)32)24(30)28(17-19-10-6-4-7-11-19)18-20-12-8-5-9-13-20/h4-16H,17-18H2,1-3H3. The van der Waals surface area contributed by atoms with Gasteiger partial charge < -0.3 is 4.90 Å². The third kappa shape index (κ3) is 4.19. The minimum absolute atomic E-state index is 0.185. The SMILES string of the molecule is CC(C)(C)N1C(=O)c2ccc(C(=O)N(Cc3ccccc3)Cc3ccccc3)cc2C1=O. The topological polar surface area (TPSA) is 57.7 Å². The molecule has 1 heterocycles. The van der Waals surface area contributed by atoms with E-state index in [-0.39, 0.29) is 23.3 Å². The van der Waals surface area contributed by atoms with Crippen LogP contribution in [-0.4, -0.2) is 33.1 Å². The van der Waals surface area contributed by atoms with E-state index in [1.165, 1.54) is 4.90 Å². The number of benzene rings is 3. The van der Waals surface area contributed by atoms with Crippen LogP contribution in [-0.2, 0) is 13.1 Å². The fourth-order valence-electron chi connectivity index (χ4n) is 3.97. The molecule has 4 rings (SSSR count). The van der Waals surface area contributed by atoms with E-state index < -0.39 is 5.54 Å². The summed E-state index contributed by atoms with van der Waals surface area (Å²) in [6.07, 6.45) is 0. The molecule has 0 bridgehead atoms. The minimum Gasteiger partial charge on any atom is -0.330 e. The van der Waals surface area contributed by atoms with Gasteiger partial charge in [0.2, 0.25) is 0 Å². The van der Waals surface area contributed by atoms with Crippen molar-refractivity contribution in [2.45, 2.75) is 39.4 Å². The average Bonchev–Trinajstić information content (AvgIpc) is 3.04. The van der Waals surface area contributed by atoms with Crippen LogP contribution in [0.15, 0.2) is 78.9 Å². The Morgan fingerprint density at radius 2 is 1.25 bits per heavy atom. The lowest BCUT2D eigenvalue weighted by molar-refractivity contribution is 0.0507. The van der Waals surface area contributed by atoms with Crippen molar-refractivity contribution in [1.82, 2.24) is 9.80 Å². The molecule has 0 aromatic heterocycles. The zero-order chi connectivity index (χ0) is 22.9. The molecule has 0 saturated heterocycles. The second kappa shape index (κ2) is 8.42. The molecule has 5 heteroatoms. The van der Waals surface area contributed by atoms with Crippen LogP contribution in [0.2, 0.25) is 0 Å². The van der Waals surface area contributed by atoms with Crippen LogP contribution in [0.5, 0.6) is 0 Å². The molecular formula is C27H26N2O3. The zero-order valence-electron chi connectivity index (χ0n) is 18.5. The number of carbonyl (C=O) groups is 3. The lowest BCUT2D eigenvalue weighted by Crippen LogP contribution is -2.45. The average molecular weight is 427 g/mol. The molecule has 3 amide bonds. The Morgan fingerprint density at radius 3 is 1.75 bits per heavy atom. The molecule has 32 heavy (non-hydrogen) atoms. The third-order valence-electron chi connectivity index (χ3n) is 5.52. The van der Waals surface area contributed by atoms with Crippen LogP contribution < -0.4 is 0 Å². The highest BCUT2D eigenvalue weighted by molar-refractivity contribution is 6.22. The van der Waals surface area contributed by atoms with Gasteiger partial charge in [-0.25, -0.2) is 0 Å². The molecule has 3 aromatic carbocycles. The third-order valence-corrected chi connectivity index (χ3v) is 5.52. The first kappa shape index (κ1) is 21.5. The van der Waals surface area contributed by atoms with Crippen LogP contribution >= 0.6 is 0 Å². The van der Waals surface area contributed by atoms with Gasteiger partial charge in [-0.3, -0.25) is 19.3 Å². The highest BCUT2D eigenvalue weighted by atomic mass is 16.2. The van der Waals surface area contributed by atoms with Gasteiger partial charge in [0.25, 0.3) is 17.7 Å². The predicted molar refractivity (Wildman–Crippen MR) is 123 cm³/mol. The van der Waals surface area contributed by atoms with Crippen molar-refractivity contribution in [3.63, 3.8) is 0 Å². The maximum Gasteiger partial charge on any atom is 0.262 e. The summed E-state index contributed by atoms with van der Waals surface area (Å²) >= 11 is 0. The maximum absolute atomic E-state index is 13.5. The van der Waals surface area contributed by atoms with Gasteiger partial charge in [-0.05, 0) is 50.1 Å². The number of carbonyl (C=O) groups excluding carboxylic acids is 3. The normalized spacial score (nSPS) is 13.3. The van der Waals surface area contributed by atoms with Gasteiger partial charge >= 0.3 is 0 Å². The first-order valence-corrected chi connectivity index (χ1v) is 10.7. The van der Waals surface area contributed by atoms with Crippen molar-refractivity contribution in [3.05, 3.63) is 107 Å². The molecular weight excluding hydrogens is 400 g/mol. The monoisotopic (exact) mass is 426 g/mol. The number of fused-ring (bicyclic) bond motifs is 1. The first-order valence-electron chi connectivity index (χ1n) is 10.7. The molecule has 162 valence electrons. The lowest BCUT2D eigenvalue weighted by atomic mass is 10.0. The van der Waals surface area contributed by atoms with Crippen molar-refractivity contribution in [2.75, 3.05) is 0 Å². The van der Waals surface area contributed by atoms with Crippen molar-refractivity contribution < 1.29 is 14.4 Å². The predicted octanol–water partition coefficient (Wildman–Crippen LogP) is 4.92. The molecule has 0 atom stereocenters. The van der Waals surface area contributed by atoms with Crippen LogP contribution in [0.1, 0.15) is 63.0 Å². The smallest absolute Gasteiger partial charge is 0.262 e. The maximum atomic E-state index is 13.5. The van der Waals surface area contributed by atoms with Gasteiger partial charge in [-0.2, -0.15) is 0 Å². The van der Waals surface area contributed by atoms with Crippen molar-refractivity contribution in [3.8, 4) is 0 Å². The summed E-state index contributed by atoms with van der Waals surface area (Å²) < 4.78 is 0. The minimum atomic E-state index is -0.635. The summed E-state index contributed by atoms with van der Waals surface area (Å²) in [6, 6.07) is 24.4. The Morgan fingerprint density at radius 1 is 0.750 bits per heavy atom. The van der Waals surface area contributed by atoms with Gasteiger partial charge in [0, 0.05) is 24.2 Å². The van der Waals surface area contributed by atoms with Crippen molar-refractivity contribution >= 4 is 17.7 Å². The molecule has 0 saturated carbocycles. The molecule has 5 nitrogen and oxygen atoms in total. The van der Waals surface area contributed by atoms with Crippen LogP contribution in [0.3, 0.4) is 0 Å². The molecule has 1 aliphatic rings. The summed E-state index contributed by atoms with van der Waals surface area (Å²) in [5.41, 5.74) is 2.43. The van der Waals surface area contributed by atoms with E-state index >= 15 is 0 Å². The zero-order valence-corrected chi connectivity index (χ0v) is 18.5.